The lowest BCUT2D eigenvalue weighted by atomic mass is 9.91. The smallest absolute Gasteiger partial charge is 0.435 e. The van der Waals surface area contributed by atoms with E-state index in [0.717, 1.165) is 11.1 Å². The molecule has 3 aromatic heterocycles. The molecule has 0 aliphatic carbocycles. The van der Waals surface area contributed by atoms with E-state index >= 15 is 4.39 Å². The highest BCUT2D eigenvalue weighted by Crippen LogP contribution is 2.44. The number of rotatable bonds is 12. The van der Waals surface area contributed by atoms with Crippen molar-refractivity contribution in [3.63, 3.8) is 0 Å². The van der Waals surface area contributed by atoms with Crippen molar-refractivity contribution < 1.29 is 36.6 Å². The van der Waals surface area contributed by atoms with Crippen molar-refractivity contribution in [2.24, 2.45) is 7.05 Å². The summed E-state index contributed by atoms with van der Waals surface area (Å²) >= 11 is 0. The topological polar surface area (TPSA) is 109 Å². The molecule has 0 fully saturated rings. The molecule has 7 aromatic rings. The highest BCUT2D eigenvalue weighted by molar-refractivity contribution is 6.15. The summed E-state index contributed by atoms with van der Waals surface area (Å²) in [5.41, 5.74) is 2.36. The zero-order valence-electron chi connectivity index (χ0n) is 32.9. The lowest BCUT2D eigenvalue weighted by Gasteiger charge is -2.23. The first-order valence-electron chi connectivity index (χ1n) is 19.1. The lowest BCUT2D eigenvalue weighted by molar-refractivity contribution is -0.141. The average Bonchev–Trinajstić information content (AvgIpc) is 3.84. The van der Waals surface area contributed by atoms with Gasteiger partial charge in [0.2, 0.25) is 17.4 Å². The minimum Gasteiger partial charge on any atom is -0.487 e. The number of Topliss-reactive ketones (excluding diaryl/α,β-unsaturated/α-hetero) is 1. The van der Waals surface area contributed by atoms with E-state index < -0.39 is 23.5 Å². The Morgan fingerprint density at radius 2 is 1.51 bits per heavy atom. The number of hydrogen-bond acceptors (Lipinski definition) is 7. The normalized spacial score (nSPS) is 13.1. The molecule has 4 aromatic carbocycles. The van der Waals surface area contributed by atoms with Crippen LogP contribution in [0, 0.1) is 11.2 Å². The number of fused-ring (bicyclic) bond motifs is 1. The molecule has 15 heteroatoms. The third kappa shape index (κ3) is 9.14. The number of alkyl halides is 3. The number of carbonyl (C=O) groups is 1. The summed E-state index contributed by atoms with van der Waals surface area (Å²) in [6, 6.07) is 29.8. The first-order valence-corrected chi connectivity index (χ1v) is 19.1. The fraction of sp³-hybridized carbons (Fsp3) is 0.174. The van der Waals surface area contributed by atoms with Crippen LogP contribution in [0.4, 0.5) is 17.6 Å². The van der Waals surface area contributed by atoms with Crippen LogP contribution in [0.5, 0.6) is 17.5 Å². The highest BCUT2D eigenvalue weighted by Gasteiger charge is 2.39. The number of halogens is 5. The molecule has 0 saturated carbocycles. The van der Waals surface area contributed by atoms with Gasteiger partial charge in [0, 0.05) is 66.1 Å². The Hall–Kier alpha value is -6.93. The van der Waals surface area contributed by atoms with Crippen LogP contribution < -0.4 is 19.8 Å². The number of ether oxygens (including phenoxy) is 3. The summed E-state index contributed by atoms with van der Waals surface area (Å²) in [6.07, 6.45) is 1.43. The summed E-state index contributed by atoms with van der Waals surface area (Å²) < 4.78 is 81.6. The molecule has 0 atom stereocenters. The van der Waals surface area contributed by atoms with Crippen LogP contribution in [0.25, 0.3) is 28.3 Å². The molecule has 0 saturated heterocycles. The lowest BCUT2D eigenvalue weighted by Crippen LogP contribution is -2.23. The van der Waals surface area contributed by atoms with Crippen LogP contribution in [-0.4, -0.2) is 36.3 Å². The zero-order valence-corrected chi connectivity index (χ0v) is 33.8. The number of carbonyl (C=O) groups excluding carboxylic acids is 1. The Morgan fingerprint density at radius 1 is 0.820 bits per heavy atom. The second-order valence-electron chi connectivity index (χ2n) is 14.2. The fourth-order valence-electron chi connectivity index (χ4n) is 6.95. The second-order valence-corrected chi connectivity index (χ2v) is 14.2. The molecule has 1 N–H and O–H groups in total. The third-order valence-corrected chi connectivity index (χ3v) is 10.0. The maximum Gasteiger partial charge on any atom is 0.435 e. The second kappa shape index (κ2) is 17.7. The van der Waals surface area contributed by atoms with Gasteiger partial charge in [-0.2, -0.15) is 23.3 Å². The van der Waals surface area contributed by atoms with Crippen molar-refractivity contribution in [1.29, 1.82) is 5.41 Å². The first kappa shape index (κ1) is 42.2. The minimum atomic E-state index is -4.79. The summed E-state index contributed by atoms with van der Waals surface area (Å²) in [6.45, 7) is 2.09. The number of pyridine rings is 1. The molecule has 0 amide bonds. The standard InChI is InChI=1S/C46H38F4N6O4.ClH/c1-3-56-25-38(43(53-56)46(48,49)50)36-22-32(24-55-19-18-54(2)45(55)51)23-37-41(57)33(28-59-42(36)37)20-31-14-16-39(47)35(21-31)34-15-17-40(58-26-29-10-6-4-7-11-29)52-44(34)60-27-30-12-8-5-9-13-30;/h4-23,25,51H,3,24,26-28H2,1-2H3;1H/b33-20+,51-45?;. The fourth-order valence-corrected chi connectivity index (χ4v) is 6.95. The van der Waals surface area contributed by atoms with Crippen molar-refractivity contribution in [2.75, 3.05) is 6.61 Å². The van der Waals surface area contributed by atoms with Crippen molar-refractivity contribution in [1.82, 2.24) is 23.9 Å². The van der Waals surface area contributed by atoms with Gasteiger partial charge < -0.3 is 23.3 Å². The Bertz CT molecular complexity index is 2800. The third-order valence-electron chi connectivity index (χ3n) is 10.0. The Kier molecular flexibility index (Phi) is 12.3. The summed E-state index contributed by atoms with van der Waals surface area (Å²) in [7, 11) is 1.70. The maximum absolute atomic E-state index is 15.8. The predicted molar refractivity (Wildman–Crippen MR) is 223 cm³/mol. The van der Waals surface area contributed by atoms with Crippen LogP contribution in [0.1, 0.15) is 45.2 Å². The molecule has 4 heterocycles. The van der Waals surface area contributed by atoms with Crippen LogP contribution in [0.15, 0.2) is 127 Å². The van der Waals surface area contributed by atoms with Gasteiger partial charge in [0.15, 0.2) is 11.5 Å². The van der Waals surface area contributed by atoms with E-state index in [1.807, 2.05) is 60.7 Å². The number of imidazole rings is 1. The minimum absolute atomic E-state index is 0. The molecule has 312 valence electrons. The van der Waals surface area contributed by atoms with Crippen molar-refractivity contribution in [3.8, 4) is 39.8 Å². The van der Waals surface area contributed by atoms with Gasteiger partial charge in [-0.3, -0.25) is 14.9 Å². The number of aryl methyl sites for hydroxylation is 2. The molecule has 10 nitrogen and oxygen atoms in total. The number of ketones is 1. The van der Waals surface area contributed by atoms with Crippen LogP contribution in [0.3, 0.4) is 0 Å². The molecule has 61 heavy (non-hydrogen) atoms. The molecule has 8 rings (SSSR count). The van der Waals surface area contributed by atoms with E-state index in [4.69, 9.17) is 19.6 Å². The molecular formula is C46H39ClF4N6O4. The Balaban J connectivity index is 0.00000561. The molecule has 0 unspecified atom stereocenters. The van der Waals surface area contributed by atoms with Gasteiger partial charge in [-0.15, -0.1) is 12.4 Å². The molecule has 0 radical (unpaired) electrons. The van der Waals surface area contributed by atoms with Gasteiger partial charge in [-0.1, -0.05) is 66.7 Å². The largest absolute Gasteiger partial charge is 0.487 e. The predicted octanol–water partition coefficient (Wildman–Crippen LogP) is 9.70. The van der Waals surface area contributed by atoms with E-state index in [2.05, 4.69) is 10.1 Å². The van der Waals surface area contributed by atoms with E-state index in [9.17, 15) is 18.0 Å². The highest BCUT2D eigenvalue weighted by atomic mass is 35.5. The average molecular weight is 851 g/mol. The SMILES string of the molecule is CCn1cc(-c2cc(Cn3ccn(C)c3=N)cc3c2OC/C(=C\c2ccc(F)c(-c4ccc(OCc5ccccc5)nc4OCc4ccccc4)c2)C3=O)c(C(F)(F)F)n1.Cl. The van der Waals surface area contributed by atoms with Crippen LogP contribution in [-0.2, 0) is 39.5 Å². The zero-order chi connectivity index (χ0) is 42.0. The Labute approximate surface area is 354 Å². The van der Waals surface area contributed by atoms with Crippen LogP contribution in [0.2, 0.25) is 0 Å². The van der Waals surface area contributed by atoms with E-state index in [0.29, 0.717) is 16.7 Å². The van der Waals surface area contributed by atoms with E-state index in [-0.39, 0.29) is 96.3 Å². The first-order chi connectivity index (χ1) is 28.9. The number of hydrogen-bond donors (Lipinski definition) is 1. The molecule has 1 aliphatic heterocycles. The van der Waals surface area contributed by atoms with Crippen LogP contribution >= 0.6 is 12.4 Å². The monoisotopic (exact) mass is 850 g/mol. The summed E-state index contributed by atoms with van der Waals surface area (Å²) in [5.74, 6) is -0.629. The number of nitrogens with zero attached hydrogens (tertiary/aromatic N) is 5. The summed E-state index contributed by atoms with van der Waals surface area (Å²) in [5, 5.41) is 12.2. The maximum atomic E-state index is 15.8. The van der Waals surface area contributed by atoms with Gasteiger partial charge in [-0.25, -0.2) is 4.39 Å². The molecular weight excluding hydrogens is 812 g/mol. The molecule has 1 aliphatic rings. The van der Waals surface area contributed by atoms with Crippen molar-refractivity contribution >= 4 is 24.3 Å². The van der Waals surface area contributed by atoms with E-state index in [1.54, 1.807) is 71.9 Å². The van der Waals surface area contributed by atoms with Gasteiger partial charge in [0.05, 0.1) is 12.1 Å². The van der Waals surface area contributed by atoms with Gasteiger partial charge in [0.1, 0.15) is 31.4 Å². The number of aromatic nitrogens is 5. The van der Waals surface area contributed by atoms with Crippen molar-refractivity contribution in [2.45, 2.75) is 39.4 Å². The van der Waals surface area contributed by atoms with Crippen molar-refractivity contribution in [3.05, 3.63) is 172 Å². The molecule has 0 bridgehead atoms. The molecule has 0 spiro atoms. The van der Waals surface area contributed by atoms with Gasteiger partial charge in [0.25, 0.3) is 0 Å². The Morgan fingerprint density at radius 3 is 2.16 bits per heavy atom. The number of benzene rings is 4. The van der Waals surface area contributed by atoms with Gasteiger partial charge in [-0.05, 0) is 65.6 Å². The van der Waals surface area contributed by atoms with E-state index in [1.165, 1.54) is 23.0 Å². The number of nitrogens with one attached hydrogen (secondary N) is 1. The quantitative estimate of drug-likeness (QED) is 0.0969. The summed E-state index contributed by atoms with van der Waals surface area (Å²) in [4.78, 5) is 19.0. The van der Waals surface area contributed by atoms with Gasteiger partial charge >= 0.3 is 6.18 Å².